The van der Waals surface area contributed by atoms with Crippen molar-refractivity contribution < 1.29 is 18.5 Å². The van der Waals surface area contributed by atoms with Crippen LogP contribution in [0, 0.1) is 0 Å². The van der Waals surface area contributed by atoms with Gasteiger partial charge in [0.2, 0.25) is 0 Å². The monoisotopic (exact) mass is 175 g/mol. The van der Waals surface area contributed by atoms with Gasteiger partial charge in [-0.2, -0.15) is 0 Å². The van der Waals surface area contributed by atoms with E-state index < -0.39 is 43.3 Å². The smallest absolute Gasteiger partial charge is 0.136 e. The van der Waals surface area contributed by atoms with E-state index in [-0.39, 0.29) is 0 Å². The minimum atomic E-state index is -3.44. The minimum absolute atomic E-state index is 1.13. The van der Waals surface area contributed by atoms with E-state index in [1.54, 1.807) is 0 Å². The summed E-state index contributed by atoms with van der Waals surface area (Å²) in [6, 6.07) is 0. The summed E-state index contributed by atoms with van der Waals surface area (Å²) in [4.78, 5) is 12.2. The molecule has 64 valence electrons. The van der Waals surface area contributed by atoms with Crippen molar-refractivity contribution >= 4 is 5.78 Å². The minimum Gasteiger partial charge on any atom is -0.306 e. The van der Waals surface area contributed by atoms with Gasteiger partial charge in [0, 0.05) is 37.5 Å². The van der Waals surface area contributed by atoms with Gasteiger partial charge in [0.05, 0.1) is 0 Å². The van der Waals surface area contributed by atoms with Crippen LogP contribution in [0.15, 0.2) is 0 Å². The van der Waals surface area contributed by atoms with Crippen LogP contribution in [-0.2, 0) is 4.79 Å². The van der Waals surface area contributed by atoms with Gasteiger partial charge in [0.15, 0.2) is 0 Å². The van der Waals surface area contributed by atoms with Crippen molar-refractivity contribution in [2.45, 2.75) is 51.4 Å². The van der Waals surface area contributed by atoms with Gasteiger partial charge < -0.3 is 5.32 Å². The van der Waals surface area contributed by atoms with Crippen LogP contribution in [0.25, 0.3) is 0 Å². The zero-order chi connectivity index (χ0) is 17.3. The van der Waals surface area contributed by atoms with Crippen LogP contribution in [0.2, 0.25) is 0 Å². The van der Waals surface area contributed by atoms with Gasteiger partial charge in [-0.3, -0.25) is 4.79 Å². The molecule has 0 amide bonds. The molecule has 11 heavy (non-hydrogen) atoms. The lowest BCUT2D eigenvalue weighted by Gasteiger charge is -2.41. The number of carbonyl (C=O) groups excluding carboxylic acids is 1. The molecule has 1 fully saturated rings. The van der Waals surface area contributed by atoms with Gasteiger partial charge in [0.25, 0.3) is 0 Å². The molecule has 0 spiro atoms. The van der Waals surface area contributed by atoms with E-state index in [1.807, 2.05) is 0 Å². The second kappa shape index (κ2) is 2.31. The average Bonchev–Trinajstić information content (AvgIpc) is 2.18. The molecule has 0 saturated carbocycles. The molecule has 1 N–H and O–H groups in total. The lowest BCUT2D eigenvalue weighted by atomic mass is 9.82. The SMILES string of the molecule is [3H]C([3H])([3H])C1(C([3H])([3H])[3H])NC(C)(C)C([3H])([3H])C(=O)C1([3H])[3H]. The zero-order valence-corrected chi connectivity index (χ0v) is 6.41. The second-order valence-corrected chi connectivity index (χ2v) is 3.08. The Hall–Kier alpha value is -0.370. The predicted octanol–water partition coefficient (Wildman–Crippen LogP) is 1.50. The summed E-state index contributed by atoms with van der Waals surface area (Å²) in [5, 5.41) is 2.10. The number of hydrogen-bond donors (Lipinski definition) is 1. The molecular weight excluding hydrogens is 138 g/mol. The Balaban J connectivity index is 3.79. The summed E-state index contributed by atoms with van der Waals surface area (Å²) < 4.78 is 75.9. The van der Waals surface area contributed by atoms with E-state index >= 15 is 0 Å². The standard InChI is InChI=1S/C9H17NO/c1-8(2)5-7(11)6-9(3,4)10-8/h10H,5-6H2,1-4H3/i1T3,2T3,5T2,6T2. The van der Waals surface area contributed by atoms with Crippen LogP contribution in [0.5, 0.6) is 0 Å². The number of rotatable bonds is 0. The molecule has 1 heterocycles. The molecule has 1 aliphatic heterocycles. The van der Waals surface area contributed by atoms with E-state index in [0.29, 0.717) is 0 Å². The largest absolute Gasteiger partial charge is 0.306 e. The van der Waals surface area contributed by atoms with Gasteiger partial charge in [-0.15, -0.1) is 0 Å². The number of Topliss-reactive ketones (excluding diaryl/α,β-unsaturated/α-hetero) is 1. The molecule has 1 saturated heterocycles. The maximum Gasteiger partial charge on any atom is 0.136 e. The van der Waals surface area contributed by atoms with Gasteiger partial charge in [-0.05, 0) is 27.6 Å². The van der Waals surface area contributed by atoms with E-state index in [0.717, 1.165) is 13.8 Å². The first-order valence-corrected chi connectivity index (χ1v) is 3.20. The van der Waals surface area contributed by atoms with Gasteiger partial charge in [-0.1, -0.05) is 0 Å². The van der Waals surface area contributed by atoms with E-state index in [9.17, 15) is 4.79 Å². The Morgan fingerprint density at radius 3 is 2.55 bits per heavy atom. The van der Waals surface area contributed by atoms with Gasteiger partial charge in [0.1, 0.15) is 5.78 Å². The normalized spacial score (nSPS) is 53.5. The maximum atomic E-state index is 12.2. The number of piperidine rings is 1. The highest BCUT2D eigenvalue weighted by Crippen LogP contribution is 2.25. The third-order valence-electron chi connectivity index (χ3n) is 1.23. The Bertz CT molecular complexity index is 446. The van der Waals surface area contributed by atoms with Crippen molar-refractivity contribution in [1.29, 1.82) is 0 Å². The lowest BCUT2D eigenvalue weighted by Crippen LogP contribution is -2.58. The molecule has 0 aliphatic carbocycles. The molecule has 0 atom stereocenters. The number of hydrogen-bond acceptors (Lipinski definition) is 2. The molecule has 0 radical (unpaired) electrons. The van der Waals surface area contributed by atoms with Crippen molar-refractivity contribution in [3.05, 3.63) is 0 Å². The Morgan fingerprint density at radius 2 is 2.00 bits per heavy atom. The van der Waals surface area contributed by atoms with Crippen LogP contribution in [-0.4, -0.2) is 16.9 Å². The van der Waals surface area contributed by atoms with Gasteiger partial charge in [-0.25, -0.2) is 0 Å². The van der Waals surface area contributed by atoms with Crippen LogP contribution >= 0.6 is 0 Å². The Kier molecular flexibility index (Phi) is 0.486. The number of nitrogens with one attached hydrogen (secondary N) is 1. The Labute approximate surface area is 82.4 Å². The predicted molar refractivity (Wildman–Crippen MR) is 45.5 cm³/mol. The third kappa shape index (κ3) is 2.29. The van der Waals surface area contributed by atoms with Crippen LogP contribution < -0.4 is 5.32 Å². The third-order valence-corrected chi connectivity index (χ3v) is 1.23. The first kappa shape index (κ1) is 2.32. The molecule has 1 rings (SSSR count). The van der Waals surface area contributed by atoms with Crippen LogP contribution in [0.1, 0.15) is 54.0 Å². The summed E-state index contributed by atoms with van der Waals surface area (Å²) in [7, 11) is 0. The second-order valence-electron chi connectivity index (χ2n) is 3.08. The highest BCUT2D eigenvalue weighted by molar-refractivity contribution is 5.81. The first-order chi connectivity index (χ1) is 8.86. The molecular formula is C9H17NO. The van der Waals surface area contributed by atoms with E-state index in [1.165, 1.54) is 0 Å². The highest BCUT2D eigenvalue weighted by Gasteiger charge is 2.36. The summed E-state index contributed by atoms with van der Waals surface area (Å²) in [5.41, 5.74) is -5.07. The molecule has 0 aromatic rings. The van der Waals surface area contributed by atoms with Crippen LogP contribution in [0.4, 0.5) is 0 Å². The summed E-state index contributed by atoms with van der Waals surface area (Å²) in [6.07, 6.45) is -6.21. The maximum absolute atomic E-state index is 12.2. The number of carbonyl (C=O) groups is 1. The molecule has 1 aliphatic rings. The average molecular weight is 175 g/mol. The lowest BCUT2D eigenvalue weighted by molar-refractivity contribution is -0.124. The molecule has 2 heteroatoms. The highest BCUT2D eigenvalue weighted by atomic mass is 16.1. The first-order valence-electron chi connectivity index (χ1n) is 8.20. The fraction of sp³-hybridized carbons (Fsp3) is 0.889. The van der Waals surface area contributed by atoms with Gasteiger partial charge >= 0.3 is 0 Å². The van der Waals surface area contributed by atoms with Crippen molar-refractivity contribution in [3.8, 4) is 0 Å². The molecule has 0 unspecified atom stereocenters. The zero-order valence-electron chi connectivity index (χ0n) is 16.4. The summed E-state index contributed by atoms with van der Waals surface area (Å²) in [6.45, 7) is -4.53. The summed E-state index contributed by atoms with van der Waals surface area (Å²) in [5.74, 6) is -1.69. The topological polar surface area (TPSA) is 29.1 Å². The van der Waals surface area contributed by atoms with Crippen molar-refractivity contribution in [2.24, 2.45) is 0 Å². The molecule has 2 nitrogen and oxygen atoms in total. The van der Waals surface area contributed by atoms with E-state index in [4.69, 9.17) is 13.7 Å². The fourth-order valence-corrected chi connectivity index (χ4v) is 1.02. The summed E-state index contributed by atoms with van der Waals surface area (Å²) >= 11 is 0. The number of ketones is 1. The molecule has 0 aromatic heterocycles. The van der Waals surface area contributed by atoms with Crippen molar-refractivity contribution in [2.75, 3.05) is 0 Å². The molecule has 0 bridgehead atoms. The van der Waals surface area contributed by atoms with E-state index in [2.05, 4.69) is 5.32 Å². The fourth-order valence-electron chi connectivity index (χ4n) is 1.02. The van der Waals surface area contributed by atoms with Crippen molar-refractivity contribution in [1.82, 2.24) is 5.32 Å². The van der Waals surface area contributed by atoms with Crippen molar-refractivity contribution in [3.63, 3.8) is 0 Å². The molecule has 0 aromatic carbocycles. The Morgan fingerprint density at radius 1 is 1.45 bits per heavy atom. The quantitative estimate of drug-likeness (QED) is 0.604. The van der Waals surface area contributed by atoms with Crippen LogP contribution in [0.3, 0.4) is 0 Å².